The van der Waals surface area contributed by atoms with Gasteiger partial charge in [0.2, 0.25) is 0 Å². The largest absolute Gasteiger partial charge is 0.492 e. The number of nitrogens with zero attached hydrogens (tertiary/aromatic N) is 1. The van der Waals surface area contributed by atoms with E-state index in [-0.39, 0.29) is 0 Å². The molecule has 0 bridgehead atoms. The number of carboxylic acids is 1. The molecule has 1 aromatic carbocycles. The number of ether oxygens (including phenoxy) is 1. The van der Waals surface area contributed by atoms with E-state index in [2.05, 4.69) is 4.90 Å². The molecule has 0 unspecified atom stereocenters. The third kappa shape index (κ3) is 7.06. The smallest absolute Gasteiger partial charge is 0.328 e. The molecule has 1 N–H and O–H groups in total. The van der Waals surface area contributed by atoms with Gasteiger partial charge in [-0.1, -0.05) is 30.4 Å². The summed E-state index contributed by atoms with van der Waals surface area (Å²) in [7, 11) is 4.00. The number of likely N-dealkylation sites (N-methyl/N-ethyl adjacent to an activating group) is 1. The van der Waals surface area contributed by atoms with Crippen LogP contribution in [-0.4, -0.2) is 43.2 Å². The van der Waals surface area contributed by atoms with Gasteiger partial charge in [0.25, 0.3) is 0 Å². The van der Waals surface area contributed by atoms with Crippen molar-refractivity contribution in [2.45, 2.75) is 0 Å². The van der Waals surface area contributed by atoms with Crippen LogP contribution in [0.2, 0.25) is 0 Å². The minimum Gasteiger partial charge on any atom is -0.492 e. The van der Waals surface area contributed by atoms with Gasteiger partial charge >= 0.3 is 5.97 Å². The average Bonchev–Trinajstić information content (AvgIpc) is 2.36. The Hall–Kier alpha value is -2.07. The summed E-state index contributed by atoms with van der Waals surface area (Å²) in [6.45, 7) is 1.53. The van der Waals surface area contributed by atoms with Crippen LogP contribution in [0, 0.1) is 0 Å². The van der Waals surface area contributed by atoms with E-state index in [0.29, 0.717) is 6.61 Å². The summed E-state index contributed by atoms with van der Waals surface area (Å²) >= 11 is 0. The molecule has 0 saturated carbocycles. The third-order valence-corrected chi connectivity index (χ3v) is 2.33. The lowest BCUT2D eigenvalue weighted by Crippen LogP contribution is -2.19. The summed E-state index contributed by atoms with van der Waals surface area (Å²) in [5, 5.41) is 8.43. The molecule has 0 aliphatic rings. The van der Waals surface area contributed by atoms with Gasteiger partial charge in [0, 0.05) is 12.6 Å². The van der Waals surface area contributed by atoms with Gasteiger partial charge < -0.3 is 14.7 Å². The first-order valence-electron chi connectivity index (χ1n) is 6.03. The predicted molar refractivity (Wildman–Crippen MR) is 76.3 cm³/mol. The van der Waals surface area contributed by atoms with Crippen molar-refractivity contribution in [2.75, 3.05) is 27.2 Å². The minimum absolute atomic E-state index is 0.656. The summed E-state index contributed by atoms with van der Waals surface area (Å²) in [5.41, 5.74) is 0.995. The Bertz CT molecular complexity index is 447. The lowest BCUT2D eigenvalue weighted by Gasteiger charge is -2.10. The highest BCUT2D eigenvalue weighted by Gasteiger charge is 1.94. The van der Waals surface area contributed by atoms with E-state index in [1.807, 2.05) is 44.4 Å². The first kappa shape index (κ1) is 15.0. The monoisotopic (exact) mass is 261 g/mol. The summed E-state index contributed by atoms with van der Waals surface area (Å²) in [4.78, 5) is 12.3. The number of carboxylic acid groups (broad SMARTS) is 1. The highest BCUT2D eigenvalue weighted by Crippen LogP contribution is 2.13. The molecular weight excluding hydrogens is 242 g/mol. The second-order valence-corrected chi connectivity index (χ2v) is 4.28. The van der Waals surface area contributed by atoms with Gasteiger partial charge in [0.15, 0.2) is 0 Å². The van der Waals surface area contributed by atoms with Crippen LogP contribution in [0.15, 0.2) is 42.5 Å². The molecule has 0 fully saturated rings. The molecule has 0 amide bonds. The lowest BCUT2D eigenvalue weighted by molar-refractivity contribution is -0.131. The second-order valence-electron chi connectivity index (χ2n) is 4.28. The van der Waals surface area contributed by atoms with Crippen molar-refractivity contribution < 1.29 is 14.6 Å². The van der Waals surface area contributed by atoms with Crippen LogP contribution < -0.4 is 4.74 Å². The first-order valence-corrected chi connectivity index (χ1v) is 6.03. The number of allylic oxidation sites excluding steroid dienone is 2. The summed E-state index contributed by atoms with van der Waals surface area (Å²) < 4.78 is 5.57. The van der Waals surface area contributed by atoms with Crippen LogP contribution in [-0.2, 0) is 4.79 Å². The van der Waals surface area contributed by atoms with Gasteiger partial charge in [-0.15, -0.1) is 0 Å². The number of hydrogen-bond acceptors (Lipinski definition) is 3. The Kier molecular flexibility index (Phi) is 6.39. The quantitative estimate of drug-likeness (QED) is 0.604. The molecule has 1 rings (SSSR count). The van der Waals surface area contributed by atoms with Gasteiger partial charge in [-0.25, -0.2) is 4.79 Å². The molecule has 0 aliphatic heterocycles. The van der Waals surface area contributed by atoms with E-state index in [1.165, 1.54) is 6.08 Å². The zero-order valence-electron chi connectivity index (χ0n) is 11.2. The first-order chi connectivity index (χ1) is 9.08. The van der Waals surface area contributed by atoms with Crippen LogP contribution in [0.5, 0.6) is 5.75 Å². The second kappa shape index (κ2) is 8.11. The van der Waals surface area contributed by atoms with Gasteiger partial charge in [-0.2, -0.15) is 0 Å². The van der Waals surface area contributed by atoms with E-state index in [0.717, 1.165) is 23.9 Å². The highest BCUT2D eigenvalue weighted by atomic mass is 16.5. The molecule has 0 atom stereocenters. The van der Waals surface area contributed by atoms with Crippen molar-refractivity contribution in [1.29, 1.82) is 0 Å². The van der Waals surface area contributed by atoms with Gasteiger partial charge in [0.05, 0.1) is 0 Å². The maximum absolute atomic E-state index is 10.3. The maximum atomic E-state index is 10.3. The normalized spacial score (nSPS) is 11.5. The molecule has 4 nitrogen and oxygen atoms in total. The third-order valence-electron chi connectivity index (χ3n) is 2.33. The Balaban J connectivity index is 2.45. The fourth-order valence-electron chi connectivity index (χ4n) is 1.33. The molecule has 0 saturated heterocycles. The van der Waals surface area contributed by atoms with Gasteiger partial charge in [-0.3, -0.25) is 0 Å². The number of hydrogen-bond donors (Lipinski definition) is 1. The van der Waals surface area contributed by atoms with E-state index in [9.17, 15) is 4.79 Å². The Morgan fingerprint density at radius 3 is 2.53 bits per heavy atom. The zero-order chi connectivity index (χ0) is 14.1. The summed E-state index contributed by atoms with van der Waals surface area (Å²) in [5.74, 6) is -0.116. The van der Waals surface area contributed by atoms with Crippen LogP contribution >= 0.6 is 0 Å². The predicted octanol–water partition coefficient (Wildman–Crippen LogP) is 2.28. The van der Waals surface area contributed by atoms with E-state index in [4.69, 9.17) is 9.84 Å². The van der Waals surface area contributed by atoms with Crippen molar-refractivity contribution in [3.8, 4) is 5.75 Å². The Labute approximate surface area is 113 Å². The van der Waals surface area contributed by atoms with Crippen LogP contribution in [0.1, 0.15) is 5.56 Å². The highest BCUT2D eigenvalue weighted by molar-refractivity contribution is 5.80. The summed E-state index contributed by atoms with van der Waals surface area (Å²) in [6, 6.07) is 7.65. The van der Waals surface area contributed by atoms with Crippen molar-refractivity contribution >= 4 is 12.0 Å². The number of benzene rings is 1. The molecule has 4 heteroatoms. The van der Waals surface area contributed by atoms with Crippen molar-refractivity contribution in [1.82, 2.24) is 4.90 Å². The van der Waals surface area contributed by atoms with Crippen molar-refractivity contribution in [3.63, 3.8) is 0 Å². The molecular formula is C15H19NO3. The standard InChI is InChI=1S/C15H19NO3/c1-16(2)11-12-19-14-9-7-13(8-10-14)5-3-4-6-15(17)18/h3-10H,11-12H2,1-2H3,(H,17,18). The fraction of sp³-hybridized carbons (Fsp3) is 0.267. The maximum Gasteiger partial charge on any atom is 0.328 e. The minimum atomic E-state index is -0.950. The molecule has 0 aliphatic carbocycles. The van der Waals surface area contributed by atoms with E-state index in [1.54, 1.807) is 6.08 Å². The molecule has 0 heterocycles. The fourth-order valence-corrected chi connectivity index (χ4v) is 1.33. The Morgan fingerprint density at radius 2 is 1.95 bits per heavy atom. The van der Waals surface area contributed by atoms with Gasteiger partial charge in [0.1, 0.15) is 12.4 Å². The van der Waals surface area contributed by atoms with Crippen LogP contribution in [0.4, 0.5) is 0 Å². The SMILES string of the molecule is CN(C)CCOc1ccc(C=CC=CC(=O)O)cc1. The summed E-state index contributed by atoms with van der Waals surface area (Å²) in [6.07, 6.45) is 6.11. The van der Waals surface area contributed by atoms with Crippen LogP contribution in [0.25, 0.3) is 6.08 Å². The molecule has 0 radical (unpaired) electrons. The number of rotatable bonds is 7. The van der Waals surface area contributed by atoms with E-state index >= 15 is 0 Å². The average molecular weight is 261 g/mol. The molecule has 0 aromatic heterocycles. The molecule has 102 valence electrons. The van der Waals surface area contributed by atoms with Crippen LogP contribution in [0.3, 0.4) is 0 Å². The molecule has 0 spiro atoms. The Morgan fingerprint density at radius 1 is 1.26 bits per heavy atom. The topological polar surface area (TPSA) is 49.8 Å². The van der Waals surface area contributed by atoms with Crippen molar-refractivity contribution in [2.24, 2.45) is 0 Å². The molecule has 19 heavy (non-hydrogen) atoms. The van der Waals surface area contributed by atoms with E-state index < -0.39 is 5.97 Å². The zero-order valence-corrected chi connectivity index (χ0v) is 11.2. The van der Waals surface area contributed by atoms with Crippen molar-refractivity contribution in [3.05, 3.63) is 48.1 Å². The van der Waals surface area contributed by atoms with Gasteiger partial charge in [-0.05, 0) is 31.8 Å². The number of aliphatic carboxylic acids is 1. The lowest BCUT2D eigenvalue weighted by atomic mass is 10.2. The number of carbonyl (C=O) groups is 1. The molecule has 1 aromatic rings.